The van der Waals surface area contributed by atoms with Gasteiger partial charge in [-0.05, 0) is 31.0 Å². The number of anilines is 2. The molecule has 1 unspecified atom stereocenters. The standard InChI is InChI=1S/C11H17FN2/c1-7(2)8(3)14-11-6-9(12)4-5-10(11)13/h4-8,14H,13H2,1-3H3. The molecule has 0 radical (unpaired) electrons. The Morgan fingerprint density at radius 3 is 2.50 bits per heavy atom. The summed E-state index contributed by atoms with van der Waals surface area (Å²) in [5.41, 5.74) is 6.96. The summed E-state index contributed by atoms with van der Waals surface area (Å²) < 4.78 is 12.9. The summed E-state index contributed by atoms with van der Waals surface area (Å²) >= 11 is 0. The van der Waals surface area contributed by atoms with Crippen LogP contribution in [0.3, 0.4) is 0 Å². The SMILES string of the molecule is CC(C)C(C)Nc1cc(F)ccc1N. The van der Waals surface area contributed by atoms with Crippen molar-refractivity contribution in [1.29, 1.82) is 0 Å². The van der Waals surface area contributed by atoms with Gasteiger partial charge in [0.05, 0.1) is 11.4 Å². The van der Waals surface area contributed by atoms with Crippen LogP contribution >= 0.6 is 0 Å². The Morgan fingerprint density at radius 1 is 1.29 bits per heavy atom. The third kappa shape index (κ3) is 2.62. The van der Waals surface area contributed by atoms with Crippen molar-refractivity contribution in [2.24, 2.45) is 5.92 Å². The first kappa shape index (κ1) is 10.8. The lowest BCUT2D eigenvalue weighted by atomic mass is 10.1. The highest BCUT2D eigenvalue weighted by molar-refractivity contribution is 5.66. The molecular formula is C11H17FN2. The van der Waals surface area contributed by atoms with E-state index in [0.29, 0.717) is 17.3 Å². The first-order valence-electron chi connectivity index (χ1n) is 4.82. The van der Waals surface area contributed by atoms with Gasteiger partial charge in [-0.2, -0.15) is 0 Å². The van der Waals surface area contributed by atoms with Crippen molar-refractivity contribution >= 4 is 11.4 Å². The van der Waals surface area contributed by atoms with Gasteiger partial charge in [0.2, 0.25) is 0 Å². The highest BCUT2D eigenvalue weighted by Crippen LogP contribution is 2.21. The molecule has 14 heavy (non-hydrogen) atoms. The molecule has 1 aromatic rings. The topological polar surface area (TPSA) is 38.0 Å². The van der Waals surface area contributed by atoms with Crippen LogP contribution in [-0.4, -0.2) is 6.04 Å². The fourth-order valence-electron chi connectivity index (χ4n) is 1.07. The second-order valence-electron chi connectivity index (χ2n) is 3.91. The van der Waals surface area contributed by atoms with Crippen molar-refractivity contribution in [1.82, 2.24) is 0 Å². The molecule has 0 aliphatic carbocycles. The average molecular weight is 196 g/mol. The second-order valence-corrected chi connectivity index (χ2v) is 3.91. The van der Waals surface area contributed by atoms with Crippen molar-refractivity contribution in [2.45, 2.75) is 26.8 Å². The molecule has 3 heteroatoms. The lowest BCUT2D eigenvalue weighted by molar-refractivity contribution is 0.559. The summed E-state index contributed by atoms with van der Waals surface area (Å²) in [6.45, 7) is 6.26. The monoisotopic (exact) mass is 196 g/mol. The predicted octanol–water partition coefficient (Wildman–Crippen LogP) is 2.86. The Kier molecular flexibility index (Phi) is 3.33. The van der Waals surface area contributed by atoms with Crippen molar-refractivity contribution < 1.29 is 4.39 Å². The normalized spacial score (nSPS) is 12.9. The van der Waals surface area contributed by atoms with Gasteiger partial charge in [-0.25, -0.2) is 4.39 Å². The minimum Gasteiger partial charge on any atom is -0.397 e. The van der Waals surface area contributed by atoms with Gasteiger partial charge in [0.1, 0.15) is 5.82 Å². The van der Waals surface area contributed by atoms with Gasteiger partial charge in [-0.3, -0.25) is 0 Å². The average Bonchev–Trinajstić information content (AvgIpc) is 2.11. The van der Waals surface area contributed by atoms with Gasteiger partial charge in [0.15, 0.2) is 0 Å². The second kappa shape index (κ2) is 4.31. The minimum atomic E-state index is -0.266. The Labute approximate surface area is 84.3 Å². The van der Waals surface area contributed by atoms with Gasteiger partial charge >= 0.3 is 0 Å². The Hall–Kier alpha value is -1.25. The first-order valence-corrected chi connectivity index (χ1v) is 4.82. The predicted molar refractivity (Wildman–Crippen MR) is 58.7 cm³/mol. The molecule has 1 atom stereocenters. The lowest BCUT2D eigenvalue weighted by Gasteiger charge is -2.19. The molecule has 0 bridgehead atoms. The molecule has 0 saturated carbocycles. The Balaban J connectivity index is 2.80. The summed E-state index contributed by atoms with van der Waals surface area (Å²) in [7, 11) is 0. The quantitative estimate of drug-likeness (QED) is 0.729. The van der Waals surface area contributed by atoms with E-state index >= 15 is 0 Å². The van der Waals surface area contributed by atoms with Gasteiger partial charge in [-0.1, -0.05) is 13.8 Å². The number of hydrogen-bond acceptors (Lipinski definition) is 2. The fourth-order valence-corrected chi connectivity index (χ4v) is 1.07. The van der Waals surface area contributed by atoms with Crippen LogP contribution < -0.4 is 11.1 Å². The van der Waals surface area contributed by atoms with E-state index in [9.17, 15) is 4.39 Å². The van der Waals surface area contributed by atoms with E-state index < -0.39 is 0 Å². The summed E-state index contributed by atoms with van der Waals surface area (Å²) in [5.74, 6) is 0.218. The summed E-state index contributed by atoms with van der Waals surface area (Å²) in [4.78, 5) is 0. The van der Waals surface area contributed by atoms with Crippen LogP contribution in [0.5, 0.6) is 0 Å². The van der Waals surface area contributed by atoms with Crippen molar-refractivity contribution in [3.05, 3.63) is 24.0 Å². The van der Waals surface area contributed by atoms with Gasteiger partial charge in [0.25, 0.3) is 0 Å². The minimum absolute atomic E-state index is 0.266. The smallest absolute Gasteiger partial charge is 0.125 e. The van der Waals surface area contributed by atoms with Crippen molar-refractivity contribution in [2.75, 3.05) is 11.1 Å². The number of hydrogen-bond donors (Lipinski definition) is 2. The molecule has 0 saturated heterocycles. The third-order valence-electron chi connectivity index (χ3n) is 2.40. The maximum Gasteiger partial charge on any atom is 0.125 e. The maximum atomic E-state index is 12.9. The molecule has 0 amide bonds. The number of nitrogens with one attached hydrogen (secondary N) is 1. The lowest BCUT2D eigenvalue weighted by Crippen LogP contribution is -2.22. The summed E-state index contributed by atoms with van der Waals surface area (Å²) in [6.07, 6.45) is 0. The molecule has 0 fully saturated rings. The Morgan fingerprint density at radius 2 is 1.93 bits per heavy atom. The van der Waals surface area contributed by atoms with Crippen LogP contribution in [0.4, 0.5) is 15.8 Å². The molecule has 1 aromatic carbocycles. The van der Waals surface area contributed by atoms with Gasteiger partial charge in [0, 0.05) is 6.04 Å². The van der Waals surface area contributed by atoms with E-state index in [4.69, 9.17) is 5.73 Å². The highest BCUT2D eigenvalue weighted by atomic mass is 19.1. The summed E-state index contributed by atoms with van der Waals surface area (Å²) in [5, 5.41) is 3.19. The van der Waals surface area contributed by atoms with Crippen LogP contribution in [0.25, 0.3) is 0 Å². The number of benzene rings is 1. The van der Waals surface area contributed by atoms with Crippen LogP contribution in [0.1, 0.15) is 20.8 Å². The van der Waals surface area contributed by atoms with E-state index in [0.717, 1.165) is 0 Å². The van der Waals surface area contributed by atoms with E-state index in [1.54, 1.807) is 6.07 Å². The molecule has 78 valence electrons. The number of rotatable bonds is 3. The van der Waals surface area contributed by atoms with E-state index in [2.05, 4.69) is 26.1 Å². The number of nitrogen functional groups attached to an aromatic ring is 1. The molecule has 0 aliphatic heterocycles. The van der Waals surface area contributed by atoms with Crippen LogP contribution in [-0.2, 0) is 0 Å². The van der Waals surface area contributed by atoms with Crippen molar-refractivity contribution in [3.63, 3.8) is 0 Å². The zero-order valence-electron chi connectivity index (χ0n) is 8.84. The van der Waals surface area contributed by atoms with Crippen LogP contribution in [0.2, 0.25) is 0 Å². The van der Waals surface area contributed by atoms with Crippen molar-refractivity contribution in [3.8, 4) is 0 Å². The molecule has 1 rings (SSSR count). The molecule has 3 N–H and O–H groups in total. The first-order chi connectivity index (χ1) is 6.50. The highest BCUT2D eigenvalue weighted by Gasteiger charge is 2.08. The van der Waals surface area contributed by atoms with Crippen LogP contribution in [0.15, 0.2) is 18.2 Å². The summed E-state index contributed by atoms with van der Waals surface area (Å²) in [6, 6.07) is 4.64. The van der Waals surface area contributed by atoms with Gasteiger partial charge in [-0.15, -0.1) is 0 Å². The maximum absolute atomic E-state index is 12.9. The van der Waals surface area contributed by atoms with E-state index in [-0.39, 0.29) is 11.9 Å². The third-order valence-corrected chi connectivity index (χ3v) is 2.40. The molecule has 0 aromatic heterocycles. The Bertz CT molecular complexity index is 310. The number of nitrogens with two attached hydrogens (primary N) is 1. The largest absolute Gasteiger partial charge is 0.397 e. The zero-order chi connectivity index (χ0) is 10.7. The zero-order valence-corrected chi connectivity index (χ0v) is 8.84. The molecule has 0 aliphatic rings. The molecule has 2 nitrogen and oxygen atoms in total. The van der Waals surface area contributed by atoms with E-state index in [1.165, 1.54) is 12.1 Å². The number of halogens is 1. The molecule has 0 heterocycles. The molecule has 0 spiro atoms. The van der Waals surface area contributed by atoms with E-state index in [1.807, 2.05) is 0 Å². The van der Waals surface area contributed by atoms with Gasteiger partial charge < -0.3 is 11.1 Å². The fraction of sp³-hybridized carbons (Fsp3) is 0.455. The van der Waals surface area contributed by atoms with Crippen LogP contribution in [0, 0.1) is 11.7 Å². The molecular weight excluding hydrogens is 179 g/mol.